The molecule has 0 aromatic heterocycles. The number of carbonyl (C=O) groups is 1. The van der Waals surface area contributed by atoms with E-state index < -0.39 is 10.0 Å². The van der Waals surface area contributed by atoms with Crippen molar-refractivity contribution < 1.29 is 17.9 Å². The van der Waals surface area contributed by atoms with Crippen LogP contribution in [0, 0.1) is 0 Å². The van der Waals surface area contributed by atoms with E-state index in [1.807, 2.05) is 4.90 Å². The Balaban J connectivity index is 1.71. The fraction of sp³-hybridized carbons (Fsp3) is 0.500. The second kappa shape index (κ2) is 6.16. The van der Waals surface area contributed by atoms with Crippen molar-refractivity contribution in [1.82, 2.24) is 9.21 Å². The summed E-state index contributed by atoms with van der Waals surface area (Å²) in [6.07, 6.45) is 0.677. The summed E-state index contributed by atoms with van der Waals surface area (Å²) in [5.41, 5.74) is 0. The minimum Gasteiger partial charge on any atom is -0.464 e. The molecule has 0 aliphatic carbocycles. The molecule has 22 heavy (non-hydrogen) atoms. The molecule has 1 aromatic carbocycles. The van der Waals surface area contributed by atoms with Crippen LogP contribution in [0.1, 0.15) is 6.42 Å². The highest BCUT2D eigenvalue weighted by molar-refractivity contribution is 7.89. The highest BCUT2D eigenvalue weighted by Gasteiger charge is 2.37. The van der Waals surface area contributed by atoms with Crippen LogP contribution in [-0.4, -0.2) is 62.4 Å². The summed E-state index contributed by atoms with van der Waals surface area (Å²) in [5, 5.41) is 0.226. The summed E-state index contributed by atoms with van der Waals surface area (Å²) in [5.74, 6) is -0.206. The highest BCUT2D eigenvalue weighted by Crippen LogP contribution is 2.26. The van der Waals surface area contributed by atoms with Crippen molar-refractivity contribution in [3.63, 3.8) is 0 Å². The van der Waals surface area contributed by atoms with Gasteiger partial charge in [-0.15, -0.1) is 0 Å². The number of esters is 1. The molecule has 0 amide bonds. The number of benzene rings is 1. The number of halogens is 1. The number of sulfonamides is 1. The number of piperazine rings is 1. The van der Waals surface area contributed by atoms with Crippen molar-refractivity contribution in [2.75, 3.05) is 32.8 Å². The van der Waals surface area contributed by atoms with Gasteiger partial charge < -0.3 is 4.74 Å². The van der Waals surface area contributed by atoms with Crippen LogP contribution in [0.4, 0.5) is 0 Å². The first-order valence-electron chi connectivity index (χ1n) is 7.15. The molecule has 1 atom stereocenters. The molecular weight excluding hydrogens is 328 g/mol. The van der Waals surface area contributed by atoms with Crippen LogP contribution in [0.2, 0.25) is 5.02 Å². The zero-order chi connectivity index (χ0) is 15.7. The molecule has 0 saturated carbocycles. The molecule has 2 aliphatic rings. The standard InChI is InChI=1S/C14H17ClN2O4S/c15-11-3-1-2-4-13(11)22(19,20)17-8-6-16(7-9-17)12-5-10-21-14(12)18/h1-4,12H,5-10H2/t12-/m1/s1. The molecule has 0 spiro atoms. The van der Waals surface area contributed by atoms with Crippen LogP contribution < -0.4 is 0 Å². The number of hydrogen-bond acceptors (Lipinski definition) is 5. The first-order chi connectivity index (χ1) is 10.5. The van der Waals surface area contributed by atoms with E-state index >= 15 is 0 Å². The summed E-state index contributed by atoms with van der Waals surface area (Å²) in [6, 6.07) is 6.21. The molecule has 0 bridgehead atoms. The van der Waals surface area contributed by atoms with E-state index in [0.717, 1.165) is 0 Å². The first kappa shape index (κ1) is 15.7. The van der Waals surface area contributed by atoms with Crippen molar-refractivity contribution in [3.8, 4) is 0 Å². The van der Waals surface area contributed by atoms with Gasteiger partial charge in [-0.05, 0) is 12.1 Å². The zero-order valence-electron chi connectivity index (χ0n) is 11.9. The lowest BCUT2D eigenvalue weighted by molar-refractivity contribution is -0.142. The van der Waals surface area contributed by atoms with Crippen LogP contribution in [0.3, 0.4) is 0 Å². The summed E-state index contributed by atoms with van der Waals surface area (Å²) in [4.78, 5) is 13.7. The number of hydrogen-bond donors (Lipinski definition) is 0. The molecule has 1 aromatic rings. The normalized spacial score (nSPS) is 24.4. The van der Waals surface area contributed by atoms with Crippen LogP contribution in [0.5, 0.6) is 0 Å². The number of cyclic esters (lactones) is 1. The Hall–Kier alpha value is -1.15. The number of rotatable bonds is 3. The maximum absolute atomic E-state index is 12.6. The van der Waals surface area contributed by atoms with E-state index in [1.165, 1.54) is 10.4 Å². The van der Waals surface area contributed by atoms with E-state index in [-0.39, 0.29) is 21.9 Å². The Labute approximate surface area is 134 Å². The highest BCUT2D eigenvalue weighted by atomic mass is 35.5. The largest absolute Gasteiger partial charge is 0.464 e. The van der Waals surface area contributed by atoms with Gasteiger partial charge in [-0.25, -0.2) is 8.42 Å². The quantitative estimate of drug-likeness (QED) is 0.764. The van der Waals surface area contributed by atoms with Crippen LogP contribution in [0.15, 0.2) is 29.2 Å². The summed E-state index contributed by atoms with van der Waals surface area (Å²) < 4.78 is 31.7. The molecule has 0 unspecified atom stereocenters. The predicted molar refractivity (Wildman–Crippen MR) is 81.1 cm³/mol. The van der Waals surface area contributed by atoms with Crippen molar-refractivity contribution in [1.29, 1.82) is 0 Å². The number of ether oxygens (including phenoxy) is 1. The molecule has 2 saturated heterocycles. The van der Waals surface area contributed by atoms with Gasteiger partial charge in [0, 0.05) is 32.6 Å². The van der Waals surface area contributed by atoms with Crippen LogP contribution in [0.25, 0.3) is 0 Å². The monoisotopic (exact) mass is 344 g/mol. The molecule has 0 radical (unpaired) electrons. The maximum atomic E-state index is 12.6. The molecule has 8 heteroatoms. The van der Waals surface area contributed by atoms with Gasteiger partial charge in [-0.3, -0.25) is 9.69 Å². The van der Waals surface area contributed by atoms with Crippen molar-refractivity contribution in [2.45, 2.75) is 17.4 Å². The van der Waals surface area contributed by atoms with Gasteiger partial charge in [-0.1, -0.05) is 23.7 Å². The lowest BCUT2D eigenvalue weighted by atomic mass is 10.2. The molecule has 2 fully saturated rings. The molecule has 0 N–H and O–H groups in total. The van der Waals surface area contributed by atoms with Gasteiger partial charge in [0.15, 0.2) is 0 Å². The molecule has 2 heterocycles. The Bertz CT molecular complexity index is 671. The molecule has 120 valence electrons. The summed E-state index contributed by atoms with van der Waals surface area (Å²) in [7, 11) is -3.59. The third-order valence-corrected chi connectivity index (χ3v) is 6.47. The zero-order valence-corrected chi connectivity index (χ0v) is 13.5. The fourth-order valence-electron chi connectivity index (χ4n) is 2.87. The summed E-state index contributed by atoms with van der Waals surface area (Å²) in [6.45, 7) is 2.17. The SMILES string of the molecule is O=C1OCC[C@H]1N1CCN(S(=O)(=O)c2ccccc2Cl)CC1. The lowest BCUT2D eigenvalue weighted by Crippen LogP contribution is -2.52. The molecule has 3 rings (SSSR count). The minimum absolute atomic E-state index is 0.130. The minimum atomic E-state index is -3.59. The van der Waals surface area contributed by atoms with E-state index in [9.17, 15) is 13.2 Å². The van der Waals surface area contributed by atoms with Gasteiger partial charge >= 0.3 is 5.97 Å². The van der Waals surface area contributed by atoms with E-state index in [2.05, 4.69) is 0 Å². The average Bonchev–Trinajstić information content (AvgIpc) is 2.94. The van der Waals surface area contributed by atoms with Crippen LogP contribution in [-0.2, 0) is 19.6 Å². The Morgan fingerprint density at radius 2 is 1.82 bits per heavy atom. The van der Waals surface area contributed by atoms with Gasteiger partial charge in [0.2, 0.25) is 10.0 Å². The van der Waals surface area contributed by atoms with Crippen molar-refractivity contribution in [3.05, 3.63) is 29.3 Å². The van der Waals surface area contributed by atoms with E-state index in [0.29, 0.717) is 39.2 Å². The van der Waals surface area contributed by atoms with Crippen molar-refractivity contribution >= 4 is 27.6 Å². The molecular formula is C14H17ClN2O4S. The second-order valence-electron chi connectivity index (χ2n) is 5.34. The summed E-state index contributed by atoms with van der Waals surface area (Å²) >= 11 is 6.00. The molecule has 6 nitrogen and oxygen atoms in total. The van der Waals surface area contributed by atoms with Gasteiger partial charge in [0.05, 0.1) is 11.6 Å². The predicted octanol–water partition coefficient (Wildman–Crippen LogP) is 0.962. The van der Waals surface area contributed by atoms with E-state index in [1.54, 1.807) is 18.2 Å². The maximum Gasteiger partial charge on any atom is 0.323 e. The smallest absolute Gasteiger partial charge is 0.323 e. The fourth-order valence-corrected chi connectivity index (χ4v) is 4.78. The van der Waals surface area contributed by atoms with Crippen molar-refractivity contribution in [2.24, 2.45) is 0 Å². The topological polar surface area (TPSA) is 66.9 Å². The Morgan fingerprint density at radius 1 is 1.14 bits per heavy atom. The average molecular weight is 345 g/mol. The van der Waals surface area contributed by atoms with E-state index in [4.69, 9.17) is 16.3 Å². The van der Waals surface area contributed by atoms with Gasteiger partial charge in [0.25, 0.3) is 0 Å². The molecule has 2 aliphatic heterocycles. The van der Waals surface area contributed by atoms with Crippen LogP contribution >= 0.6 is 11.6 Å². The number of carbonyl (C=O) groups excluding carboxylic acids is 1. The number of nitrogens with zero attached hydrogens (tertiary/aromatic N) is 2. The Morgan fingerprint density at radius 3 is 2.41 bits per heavy atom. The first-order valence-corrected chi connectivity index (χ1v) is 8.97. The van der Waals surface area contributed by atoms with Gasteiger partial charge in [-0.2, -0.15) is 4.31 Å². The third kappa shape index (κ3) is 2.86. The van der Waals surface area contributed by atoms with Gasteiger partial charge in [0.1, 0.15) is 10.9 Å². The third-order valence-electron chi connectivity index (χ3n) is 4.08. The lowest BCUT2D eigenvalue weighted by Gasteiger charge is -2.35. The Kier molecular flexibility index (Phi) is 4.40. The second-order valence-corrected chi connectivity index (χ2v) is 7.66.